The highest BCUT2D eigenvalue weighted by atomic mass is 79.9. The molecule has 3 aromatic rings. The van der Waals surface area contributed by atoms with Gasteiger partial charge in [-0.05, 0) is 90.6 Å². The average Bonchev–Trinajstić information content (AvgIpc) is 3.30. The molecule has 0 saturated heterocycles. The van der Waals surface area contributed by atoms with Gasteiger partial charge in [0.1, 0.15) is 0 Å². The maximum atomic E-state index is 13.8. The molecule has 6 heteroatoms. The Balaban J connectivity index is 1.54. The molecule has 1 fully saturated rings. The lowest BCUT2D eigenvalue weighted by atomic mass is 9.77. The summed E-state index contributed by atoms with van der Waals surface area (Å²) in [6.45, 7) is 0. The Kier molecular flexibility index (Phi) is 7.20. The van der Waals surface area contributed by atoms with Gasteiger partial charge in [0.25, 0.3) is 5.91 Å². The van der Waals surface area contributed by atoms with Crippen molar-refractivity contribution >= 4 is 45.0 Å². The van der Waals surface area contributed by atoms with E-state index in [2.05, 4.69) is 94.4 Å². The van der Waals surface area contributed by atoms with E-state index in [0.717, 1.165) is 46.3 Å². The SMILES string of the molecule is CN(C)c1ccc(/C=C2\CCC[C@@H]3C2=NN(C(=O)c2ccc(Br)cc2)[C@H]3c2ccc(N(C)C)cc2)cc1. The minimum atomic E-state index is -0.123. The number of hydrazone groups is 1. The van der Waals surface area contributed by atoms with Crippen molar-refractivity contribution in [2.45, 2.75) is 25.3 Å². The van der Waals surface area contributed by atoms with E-state index in [9.17, 15) is 4.79 Å². The highest BCUT2D eigenvalue weighted by Crippen LogP contribution is 2.45. The molecule has 1 aliphatic carbocycles. The zero-order valence-corrected chi connectivity index (χ0v) is 23.4. The predicted octanol–water partition coefficient (Wildman–Crippen LogP) is 7.02. The molecule has 0 bridgehead atoms. The molecule has 1 heterocycles. The second-order valence-electron chi connectivity index (χ2n) is 10.2. The quantitative estimate of drug-likeness (QED) is 0.339. The number of carbonyl (C=O) groups excluding carboxylic acids is 1. The van der Waals surface area contributed by atoms with Gasteiger partial charge in [0.15, 0.2) is 0 Å². The molecule has 190 valence electrons. The molecule has 1 amide bonds. The first-order valence-corrected chi connectivity index (χ1v) is 13.5. The van der Waals surface area contributed by atoms with Crippen LogP contribution in [0.5, 0.6) is 0 Å². The number of hydrogen-bond donors (Lipinski definition) is 0. The zero-order chi connectivity index (χ0) is 26.1. The van der Waals surface area contributed by atoms with Crippen molar-refractivity contribution in [3.63, 3.8) is 0 Å². The van der Waals surface area contributed by atoms with Crippen LogP contribution in [0.1, 0.15) is 46.8 Å². The zero-order valence-electron chi connectivity index (χ0n) is 21.9. The molecule has 0 spiro atoms. The Morgan fingerprint density at radius 1 is 0.892 bits per heavy atom. The average molecular weight is 558 g/mol. The van der Waals surface area contributed by atoms with Gasteiger partial charge in [-0.25, -0.2) is 5.01 Å². The molecular weight excluding hydrogens is 524 g/mol. The lowest BCUT2D eigenvalue weighted by Gasteiger charge is -2.30. The highest BCUT2D eigenvalue weighted by Gasteiger charge is 2.43. The molecular formula is C31H33BrN4O. The smallest absolute Gasteiger partial charge is 0.274 e. The fraction of sp³-hybridized carbons (Fsp3) is 0.290. The van der Waals surface area contributed by atoms with Crippen molar-refractivity contribution in [3.05, 3.63) is 99.5 Å². The summed E-state index contributed by atoms with van der Waals surface area (Å²) in [6, 6.07) is 24.6. The van der Waals surface area contributed by atoms with E-state index in [-0.39, 0.29) is 17.9 Å². The first-order valence-electron chi connectivity index (χ1n) is 12.7. The Hall–Kier alpha value is -3.38. The van der Waals surface area contributed by atoms with Crippen LogP contribution >= 0.6 is 15.9 Å². The normalized spacial score (nSPS) is 20.0. The molecule has 0 radical (unpaired) electrons. The van der Waals surface area contributed by atoms with Gasteiger partial charge in [0, 0.05) is 55.5 Å². The van der Waals surface area contributed by atoms with Gasteiger partial charge < -0.3 is 9.80 Å². The highest BCUT2D eigenvalue weighted by molar-refractivity contribution is 9.10. The van der Waals surface area contributed by atoms with Gasteiger partial charge >= 0.3 is 0 Å². The summed E-state index contributed by atoms with van der Waals surface area (Å²) in [5, 5.41) is 6.79. The molecule has 0 N–H and O–H groups in total. The fourth-order valence-corrected chi connectivity index (χ4v) is 5.53. The predicted molar refractivity (Wildman–Crippen MR) is 157 cm³/mol. The van der Waals surface area contributed by atoms with E-state index in [1.54, 1.807) is 5.01 Å². The van der Waals surface area contributed by atoms with Gasteiger partial charge in [0.2, 0.25) is 0 Å². The summed E-state index contributed by atoms with van der Waals surface area (Å²) in [4.78, 5) is 18.0. The molecule has 5 rings (SSSR count). The lowest BCUT2D eigenvalue weighted by molar-refractivity contribution is 0.0681. The first kappa shape index (κ1) is 25.3. The van der Waals surface area contributed by atoms with Gasteiger partial charge in [0.05, 0.1) is 11.8 Å². The van der Waals surface area contributed by atoms with Gasteiger partial charge in [-0.15, -0.1) is 0 Å². The number of hydrogen-bond acceptors (Lipinski definition) is 4. The third-order valence-corrected chi connectivity index (χ3v) is 7.83. The van der Waals surface area contributed by atoms with E-state index in [4.69, 9.17) is 5.10 Å². The number of carbonyl (C=O) groups is 1. The monoisotopic (exact) mass is 556 g/mol. The molecule has 0 aromatic heterocycles. The maximum Gasteiger partial charge on any atom is 0.274 e. The van der Waals surface area contributed by atoms with Crippen LogP contribution < -0.4 is 9.80 Å². The summed E-state index contributed by atoms with van der Waals surface area (Å²) >= 11 is 3.48. The van der Waals surface area contributed by atoms with E-state index in [1.807, 2.05) is 38.4 Å². The Morgan fingerprint density at radius 3 is 2.08 bits per heavy atom. The minimum Gasteiger partial charge on any atom is -0.378 e. The number of anilines is 2. The van der Waals surface area contributed by atoms with Crippen molar-refractivity contribution in [2.75, 3.05) is 38.0 Å². The molecule has 2 atom stereocenters. The number of amides is 1. The fourth-order valence-electron chi connectivity index (χ4n) is 5.27. The molecule has 0 unspecified atom stereocenters. The summed E-state index contributed by atoms with van der Waals surface area (Å²) in [6.07, 6.45) is 5.32. The van der Waals surface area contributed by atoms with Crippen molar-refractivity contribution in [1.82, 2.24) is 5.01 Å². The van der Waals surface area contributed by atoms with E-state index in [0.29, 0.717) is 5.56 Å². The molecule has 2 aliphatic rings. The van der Waals surface area contributed by atoms with Crippen molar-refractivity contribution in [1.29, 1.82) is 0 Å². The van der Waals surface area contributed by atoms with Crippen molar-refractivity contribution in [2.24, 2.45) is 11.0 Å². The third kappa shape index (κ3) is 5.21. The Bertz CT molecular complexity index is 1330. The number of benzene rings is 3. The third-order valence-electron chi connectivity index (χ3n) is 7.30. The van der Waals surface area contributed by atoms with Gasteiger partial charge in [-0.3, -0.25) is 4.79 Å². The van der Waals surface area contributed by atoms with Crippen molar-refractivity contribution in [3.8, 4) is 0 Å². The summed E-state index contributed by atoms with van der Waals surface area (Å²) in [5.74, 6) is 0.108. The van der Waals surface area contributed by atoms with Crippen LogP contribution in [0.15, 0.2) is 87.9 Å². The van der Waals surface area contributed by atoms with Crippen LogP contribution in [-0.2, 0) is 0 Å². The number of allylic oxidation sites excluding steroid dienone is 1. The standard InChI is InChI=1S/C31H33BrN4O/c1-34(2)26-16-8-21(9-17-26)20-24-6-5-7-28-29(24)33-36(31(37)23-10-14-25(32)15-11-23)30(28)22-12-18-27(19-13-22)35(3)4/h8-20,28,30H,5-7H2,1-4H3/b24-20+/t28-,30+/m1/s1. The molecule has 3 aromatic carbocycles. The van der Waals surface area contributed by atoms with E-state index < -0.39 is 0 Å². The summed E-state index contributed by atoms with van der Waals surface area (Å²) in [5.41, 5.74) is 7.52. The van der Waals surface area contributed by atoms with Crippen LogP contribution in [0.25, 0.3) is 6.08 Å². The Morgan fingerprint density at radius 2 is 1.49 bits per heavy atom. The molecule has 1 aliphatic heterocycles. The summed E-state index contributed by atoms with van der Waals surface area (Å²) < 4.78 is 0.951. The number of halogens is 1. The summed E-state index contributed by atoms with van der Waals surface area (Å²) in [7, 11) is 8.18. The van der Waals surface area contributed by atoms with Crippen LogP contribution in [-0.4, -0.2) is 44.8 Å². The van der Waals surface area contributed by atoms with Crippen LogP contribution in [0.3, 0.4) is 0 Å². The van der Waals surface area contributed by atoms with E-state index >= 15 is 0 Å². The van der Waals surface area contributed by atoms with Gasteiger partial charge in [-0.1, -0.05) is 40.2 Å². The van der Waals surface area contributed by atoms with Crippen molar-refractivity contribution < 1.29 is 4.79 Å². The van der Waals surface area contributed by atoms with Crippen LogP contribution in [0, 0.1) is 5.92 Å². The molecule has 1 saturated carbocycles. The maximum absolute atomic E-state index is 13.8. The second-order valence-corrected chi connectivity index (χ2v) is 11.1. The minimum absolute atomic E-state index is 0.0641. The van der Waals surface area contributed by atoms with Crippen LogP contribution in [0.2, 0.25) is 0 Å². The largest absolute Gasteiger partial charge is 0.378 e. The second kappa shape index (κ2) is 10.5. The number of nitrogens with zero attached hydrogens (tertiary/aromatic N) is 4. The Labute approximate surface area is 228 Å². The first-order chi connectivity index (χ1) is 17.8. The number of fused-ring (bicyclic) bond motifs is 1. The van der Waals surface area contributed by atoms with E-state index in [1.165, 1.54) is 11.3 Å². The molecule has 37 heavy (non-hydrogen) atoms. The van der Waals surface area contributed by atoms with Crippen LogP contribution in [0.4, 0.5) is 11.4 Å². The van der Waals surface area contributed by atoms with Gasteiger partial charge in [-0.2, -0.15) is 5.10 Å². The number of rotatable bonds is 5. The topological polar surface area (TPSA) is 39.1 Å². The lowest BCUT2D eigenvalue weighted by Crippen LogP contribution is -2.32. The molecule has 5 nitrogen and oxygen atoms in total.